The molecule has 1 fully saturated rings. The average molecular weight is 334 g/mol. The zero-order valence-corrected chi connectivity index (χ0v) is 15.4. The summed E-state index contributed by atoms with van der Waals surface area (Å²) in [6.07, 6.45) is 4.59. The molecule has 6 heteroatoms. The van der Waals surface area contributed by atoms with Crippen LogP contribution >= 0.6 is 11.3 Å². The van der Waals surface area contributed by atoms with Gasteiger partial charge in [0.25, 0.3) is 0 Å². The smallest absolute Gasteiger partial charge is 0.182 e. The lowest BCUT2D eigenvalue weighted by molar-refractivity contribution is 0.154. The number of hydrogen-bond donors (Lipinski definition) is 1. The molecule has 23 heavy (non-hydrogen) atoms. The van der Waals surface area contributed by atoms with Crippen LogP contribution in [-0.2, 0) is 13.1 Å². The molecule has 126 valence electrons. The van der Waals surface area contributed by atoms with Crippen molar-refractivity contribution in [2.24, 2.45) is 5.92 Å². The highest BCUT2D eigenvalue weighted by Crippen LogP contribution is 2.24. The Morgan fingerprint density at radius 3 is 2.83 bits per heavy atom. The number of rotatable bonds is 5. The predicted octanol–water partition coefficient (Wildman–Crippen LogP) is 3.22. The first-order valence-corrected chi connectivity index (χ1v) is 9.24. The van der Waals surface area contributed by atoms with Gasteiger partial charge in [0.05, 0.1) is 5.69 Å². The van der Waals surface area contributed by atoms with Crippen LogP contribution in [0.2, 0.25) is 0 Å². The molecule has 0 bridgehead atoms. The van der Waals surface area contributed by atoms with E-state index in [9.17, 15) is 0 Å². The zero-order valence-electron chi connectivity index (χ0n) is 14.6. The van der Waals surface area contributed by atoms with E-state index in [0.717, 1.165) is 24.8 Å². The van der Waals surface area contributed by atoms with Crippen molar-refractivity contribution in [3.8, 4) is 0 Å². The third-order valence-corrected chi connectivity index (χ3v) is 5.92. The highest BCUT2D eigenvalue weighted by atomic mass is 32.1. The number of likely N-dealkylation sites (tertiary alicyclic amines) is 1. The number of nitrogens with zero attached hydrogens (tertiary/aromatic N) is 4. The average Bonchev–Trinajstić information content (AvgIpc) is 3.09. The van der Waals surface area contributed by atoms with Gasteiger partial charge in [0.2, 0.25) is 0 Å². The summed E-state index contributed by atoms with van der Waals surface area (Å²) in [5, 5.41) is 8.83. The molecular weight excluding hydrogens is 306 g/mol. The summed E-state index contributed by atoms with van der Waals surface area (Å²) in [5.41, 5.74) is 3.82. The molecule has 1 unspecified atom stereocenters. The molecule has 1 N–H and O–H groups in total. The molecule has 0 saturated carbocycles. The number of nitrogens with one attached hydrogen (secondary N) is 1. The molecular formula is C17H27N5S. The van der Waals surface area contributed by atoms with Gasteiger partial charge in [0.15, 0.2) is 5.13 Å². The van der Waals surface area contributed by atoms with Crippen molar-refractivity contribution in [3.63, 3.8) is 0 Å². The first-order chi connectivity index (χ1) is 11.1. The fraction of sp³-hybridized carbons (Fsp3) is 0.647. The summed E-state index contributed by atoms with van der Waals surface area (Å²) >= 11 is 1.76. The van der Waals surface area contributed by atoms with E-state index < -0.39 is 0 Å². The van der Waals surface area contributed by atoms with Crippen LogP contribution in [0.15, 0.2) is 6.20 Å². The van der Waals surface area contributed by atoms with Crippen molar-refractivity contribution in [1.29, 1.82) is 0 Å². The quantitative estimate of drug-likeness (QED) is 0.912. The van der Waals surface area contributed by atoms with Crippen molar-refractivity contribution in [2.75, 3.05) is 25.5 Å². The van der Waals surface area contributed by atoms with Crippen LogP contribution in [0.5, 0.6) is 0 Å². The number of anilines is 1. The molecule has 0 spiro atoms. The van der Waals surface area contributed by atoms with Gasteiger partial charge in [-0.15, -0.1) is 11.3 Å². The third kappa shape index (κ3) is 3.75. The standard InChI is InChI=1S/C17H27N5S/c1-12-13(2)20-22(14(12)3)10-15-6-5-7-21(9-15)11-16-8-19-17(18-4)23-16/h8,15H,5-7,9-11H2,1-4H3,(H,18,19). The van der Waals surface area contributed by atoms with Crippen molar-refractivity contribution in [3.05, 3.63) is 28.0 Å². The Hall–Kier alpha value is -1.40. The van der Waals surface area contributed by atoms with Gasteiger partial charge in [-0.2, -0.15) is 5.10 Å². The first-order valence-electron chi connectivity index (χ1n) is 8.42. The van der Waals surface area contributed by atoms with E-state index in [1.807, 2.05) is 13.2 Å². The summed E-state index contributed by atoms with van der Waals surface area (Å²) in [4.78, 5) is 8.29. The van der Waals surface area contributed by atoms with E-state index in [1.165, 1.54) is 41.2 Å². The van der Waals surface area contributed by atoms with E-state index in [1.54, 1.807) is 11.3 Å². The molecule has 0 amide bonds. The molecule has 3 heterocycles. The van der Waals surface area contributed by atoms with Crippen LogP contribution in [0.25, 0.3) is 0 Å². The largest absolute Gasteiger partial charge is 0.365 e. The number of thiazole rings is 1. The summed E-state index contributed by atoms with van der Waals surface area (Å²) < 4.78 is 2.21. The molecule has 2 aromatic heterocycles. The minimum atomic E-state index is 0.692. The van der Waals surface area contributed by atoms with E-state index in [0.29, 0.717) is 5.92 Å². The van der Waals surface area contributed by atoms with Crippen molar-refractivity contribution < 1.29 is 0 Å². The minimum Gasteiger partial charge on any atom is -0.365 e. The van der Waals surface area contributed by atoms with E-state index in [2.05, 4.69) is 40.7 Å². The Bertz CT molecular complexity index is 660. The lowest BCUT2D eigenvalue weighted by Gasteiger charge is -2.32. The van der Waals surface area contributed by atoms with Crippen molar-refractivity contribution in [2.45, 2.75) is 46.7 Å². The van der Waals surface area contributed by atoms with Crippen molar-refractivity contribution in [1.82, 2.24) is 19.7 Å². The van der Waals surface area contributed by atoms with Crippen LogP contribution in [-0.4, -0.2) is 39.8 Å². The van der Waals surface area contributed by atoms with Gasteiger partial charge in [-0.1, -0.05) is 0 Å². The van der Waals surface area contributed by atoms with Gasteiger partial charge in [-0.05, 0) is 51.6 Å². The van der Waals surface area contributed by atoms with Gasteiger partial charge < -0.3 is 5.32 Å². The normalized spacial score (nSPS) is 19.2. The molecule has 1 saturated heterocycles. The number of hydrogen-bond acceptors (Lipinski definition) is 5. The molecule has 5 nitrogen and oxygen atoms in total. The highest BCUT2D eigenvalue weighted by Gasteiger charge is 2.22. The summed E-state index contributed by atoms with van der Waals surface area (Å²) in [6.45, 7) is 10.9. The van der Waals surface area contributed by atoms with E-state index >= 15 is 0 Å². The molecule has 3 rings (SSSR count). The lowest BCUT2D eigenvalue weighted by Crippen LogP contribution is -2.36. The Balaban J connectivity index is 1.60. The summed E-state index contributed by atoms with van der Waals surface area (Å²) in [6, 6.07) is 0. The maximum absolute atomic E-state index is 4.71. The fourth-order valence-electron chi connectivity index (χ4n) is 3.37. The Morgan fingerprint density at radius 1 is 1.35 bits per heavy atom. The summed E-state index contributed by atoms with van der Waals surface area (Å²) in [5.74, 6) is 0.692. The second-order valence-electron chi connectivity index (χ2n) is 6.60. The van der Waals surface area contributed by atoms with E-state index in [-0.39, 0.29) is 0 Å². The van der Waals surface area contributed by atoms with Gasteiger partial charge >= 0.3 is 0 Å². The highest BCUT2D eigenvalue weighted by molar-refractivity contribution is 7.15. The van der Waals surface area contributed by atoms with Gasteiger partial charge in [-0.3, -0.25) is 9.58 Å². The van der Waals surface area contributed by atoms with Crippen LogP contribution in [0.1, 0.15) is 34.7 Å². The summed E-state index contributed by atoms with van der Waals surface area (Å²) in [7, 11) is 1.93. The third-order valence-electron chi connectivity index (χ3n) is 4.92. The van der Waals surface area contributed by atoms with Crippen molar-refractivity contribution >= 4 is 16.5 Å². The van der Waals surface area contributed by atoms with Crippen LogP contribution in [0.3, 0.4) is 0 Å². The monoisotopic (exact) mass is 333 g/mol. The number of piperidine rings is 1. The van der Waals surface area contributed by atoms with Gasteiger partial charge in [0.1, 0.15) is 0 Å². The molecule has 2 aromatic rings. The topological polar surface area (TPSA) is 46.0 Å². The Kier molecular flexibility index (Phi) is 5.02. The van der Waals surface area contributed by atoms with E-state index in [4.69, 9.17) is 5.10 Å². The van der Waals surface area contributed by atoms with Crippen LogP contribution in [0.4, 0.5) is 5.13 Å². The van der Waals surface area contributed by atoms with Gasteiger partial charge in [-0.25, -0.2) is 4.98 Å². The molecule has 0 aliphatic carbocycles. The van der Waals surface area contributed by atoms with Crippen LogP contribution in [0, 0.1) is 26.7 Å². The molecule has 0 radical (unpaired) electrons. The lowest BCUT2D eigenvalue weighted by atomic mass is 9.98. The predicted molar refractivity (Wildman–Crippen MR) is 96.1 cm³/mol. The molecule has 1 atom stereocenters. The Labute approximate surface area is 142 Å². The zero-order chi connectivity index (χ0) is 16.4. The second-order valence-corrected chi connectivity index (χ2v) is 7.72. The maximum atomic E-state index is 4.71. The number of aromatic nitrogens is 3. The maximum Gasteiger partial charge on any atom is 0.182 e. The fourth-order valence-corrected chi connectivity index (χ4v) is 4.18. The van der Waals surface area contributed by atoms with Crippen LogP contribution < -0.4 is 5.32 Å². The first kappa shape index (κ1) is 16.5. The Morgan fingerprint density at radius 2 is 2.17 bits per heavy atom. The number of aryl methyl sites for hydroxylation is 1. The van der Waals surface area contributed by atoms with Gasteiger partial charge in [0, 0.05) is 43.4 Å². The molecule has 1 aliphatic rings. The molecule has 0 aromatic carbocycles. The second kappa shape index (κ2) is 7.01. The minimum absolute atomic E-state index is 0.692. The SMILES string of the molecule is CNc1ncc(CN2CCCC(Cn3nc(C)c(C)c3C)C2)s1. The molecule has 1 aliphatic heterocycles.